The molecule has 0 atom stereocenters. The van der Waals surface area contributed by atoms with E-state index in [0.29, 0.717) is 0 Å². The summed E-state index contributed by atoms with van der Waals surface area (Å²) in [7, 11) is 0. The minimum absolute atomic E-state index is 0.856. The largest absolute Gasteiger partial charge is 0.258 e. The van der Waals surface area contributed by atoms with Crippen LogP contribution in [0.15, 0.2) is 94.9 Å². The van der Waals surface area contributed by atoms with Crippen LogP contribution >= 0.6 is 0 Å². The van der Waals surface area contributed by atoms with Crippen molar-refractivity contribution in [2.45, 2.75) is 54.4 Å². The van der Waals surface area contributed by atoms with Gasteiger partial charge in [-0.15, -0.1) is 0 Å². The second kappa shape index (κ2) is 11.3. The van der Waals surface area contributed by atoms with Crippen molar-refractivity contribution in [3.63, 3.8) is 0 Å². The molecule has 0 fully saturated rings. The summed E-state index contributed by atoms with van der Waals surface area (Å²) in [5.74, 6) is 0. The van der Waals surface area contributed by atoms with E-state index in [0.717, 1.165) is 46.8 Å². The van der Waals surface area contributed by atoms with Gasteiger partial charge in [-0.3, -0.25) is 9.98 Å². The van der Waals surface area contributed by atoms with Gasteiger partial charge in [-0.05, 0) is 98.7 Å². The fraction of sp³-hybridized carbons (Fsp3) is 0.235. The van der Waals surface area contributed by atoms with E-state index in [-0.39, 0.29) is 0 Å². The molecule has 0 amide bonds. The van der Waals surface area contributed by atoms with Crippen LogP contribution in [-0.2, 0) is 12.8 Å². The van der Waals surface area contributed by atoms with Crippen molar-refractivity contribution < 1.29 is 0 Å². The average Bonchev–Trinajstić information content (AvgIpc) is 2.84. The van der Waals surface area contributed by atoms with E-state index in [9.17, 15) is 0 Å². The number of aryl methyl sites for hydroxylation is 4. The van der Waals surface area contributed by atoms with Crippen LogP contribution in [0.25, 0.3) is 11.1 Å². The van der Waals surface area contributed by atoms with Gasteiger partial charge in [0.25, 0.3) is 0 Å². The van der Waals surface area contributed by atoms with E-state index < -0.39 is 0 Å². The van der Waals surface area contributed by atoms with Crippen LogP contribution in [0.2, 0.25) is 0 Å². The number of hydrogen-bond acceptors (Lipinski definition) is 2. The van der Waals surface area contributed by atoms with Gasteiger partial charge in [0.05, 0.1) is 11.4 Å². The number of nitrogens with zero attached hydrogens (tertiary/aromatic N) is 2. The molecule has 0 bridgehead atoms. The summed E-state index contributed by atoms with van der Waals surface area (Å²) in [4.78, 5) is 10.0. The van der Waals surface area contributed by atoms with Crippen molar-refractivity contribution in [2.75, 3.05) is 0 Å². The monoisotopic (exact) mass is 472 g/mol. The number of rotatable bonds is 7. The minimum atomic E-state index is 0.856. The Hall–Kier alpha value is -3.78. The Kier molecular flexibility index (Phi) is 7.95. The topological polar surface area (TPSA) is 24.7 Å². The Morgan fingerprint density at radius 2 is 1.06 bits per heavy atom. The zero-order chi connectivity index (χ0) is 25.7. The van der Waals surface area contributed by atoms with Crippen LogP contribution in [0.3, 0.4) is 0 Å². The predicted octanol–water partition coefficient (Wildman–Crippen LogP) is 9.26. The first-order chi connectivity index (χ1) is 17.3. The first kappa shape index (κ1) is 25.3. The highest BCUT2D eigenvalue weighted by Gasteiger charge is 2.09. The van der Waals surface area contributed by atoms with Gasteiger partial charge < -0.3 is 0 Å². The highest BCUT2D eigenvalue weighted by atomic mass is 14.8. The van der Waals surface area contributed by atoms with Gasteiger partial charge in [0.1, 0.15) is 0 Å². The number of benzene rings is 4. The lowest BCUT2D eigenvalue weighted by Crippen LogP contribution is -2.02. The molecule has 0 saturated heterocycles. The van der Waals surface area contributed by atoms with Crippen LogP contribution in [0.5, 0.6) is 0 Å². The molecule has 36 heavy (non-hydrogen) atoms. The minimum Gasteiger partial charge on any atom is -0.258 e. The van der Waals surface area contributed by atoms with Crippen molar-refractivity contribution in [3.8, 4) is 11.1 Å². The number of hydrogen-bond donors (Lipinski definition) is 0. The summed E-state index contributed by atoms with van der Waals surface area (Å²) in [5, 5.41) is 0. The van der Waals surface area contributed by atoms with Gasteiger partial charge in [0, 0.05) is 29.8 Å². The zero-order valence-electron chi connectivity index (χ0n) is 22.4. The molecule has 2 heteroatoms. The molecule has 0 N–H and O–H groups in total. The highest BCUT2D eigenvalue weighted by molar-refractivity contribution is 5.91. The summed E-state index contributed by atoms with van der Waals surface area (Å²) in [6.07, 6.45) is 1.72. The Balaban J connectivity index is 1.61. The van der Waals surface area contributed by atoms with Gasteiger partial charge in [-0.25, -0.2) is 0 Å². The molecule has 2 nitrogen and oxygen atoms in total. The normalized spacial score (nSPS) is 12.2. The maximum Gasteiger partial charge on any atom is 0.0707 e. The molecule has 0 aliphatic heterocycles. The van der Waals surface area contributed by atoms with Crippen LogP contribution in [0.1, 0.15) is 47.2 Å². The summed E-state index contributed by atoms with van der Waals surface area (Å²) in [6, 6.07) is 29.8. The van der Waals surface area contributed by atoms with E-state index in [1.807, 2.05) is 0 Å². The van der Waals surface area contributed by atoms with E-state index in [2.05, 4.69) is 126 Å². The average molecular weight is 473 g/mol. The van der Waals surface area contributed by atoms with Gasteiger partial charge in [-0.1, -0.05) is 66.7 Å². The molecule has 0 aliphatic rings. The second-order valence-electron chi connectivity index (χ2n) is 9.86. The molecular formula is C34H36N2. The summed E-state index contributed by atoms with van der Waals surface area (Å²) in [5.41, 5.74) is 14.5. The lowest BCUT2D eigenvalue weighted by Gasteiger charge is -2.12. The molecule has 0 aliphatic carbocycles. The molecule has 4 aromatic rings. The number of aliphatic imine (C=N–C) groups is 2. The van der Waals surface area contributed by atoms with E-state index >= 15 is 0 Å². The van der Waals surface area contributed by atoms with Crippen LogP contribution in [0.4, 0.5) is 11.4 Å². The molecule has 182 valence electrons. The van der Waals surface area contributed by atoms with Crippen molar-refractivity contribution in [2.24, 2.45) is 9.98 Å². The SMILES string of the molecule is CC(Cc1c(C)cccc1C)=Nc1cccc(-c2ccccc2N=C(C)Cc2c(C)cccc2C)c1. The molecule has 0 saturated carbocycles. The third-order valence-electron chi connectivity index (χ3n) is 6.85. The summed E-state index contributed by atoms with van der Waals surface area (Å²) >= 11 is 0. The Labute approximate surface area is 216 Å². The molecule has 0 radical (unpaired) electrons. The fourth-order valence-electron chi connectivity index (χ4n) is 4.83. The third-order valence-corrected chi connectivity index (χ3v) is 6.85. The highest BCUT2D eigenvalue weighted by Crippen LogP contribution is 2.33. The standard InChI is InChI=1S/C34H36N2/c1-23-12-9-13-24(2)32(23)20-27(5)35-30-17-11-16-29(22-30)31-18-7-8-19-34(31)36-28(6)21-33-25(3)14-10-15-26(33)4/h7-19,22H,20-21H2,1-6H3. The predicted molar refractivity (Wildman–Crippen MR) is 157 cm³/mol. The van der Waals surface area contributed by atoms with Crippen molar-refractivity contribution in [3.05, 3.63) is 118 Å². The molecule has 0 unspecified atom stereocenters. The third kappa shape index (κ3) is 6.07. The van der Waals surface area contributed by atoms with Crippen LogP contribution in [-0.4, -0.2) is 11.4 Å². The first-order valence-electron chi connectivity index (χ1n) is 12.7. The maximum absolute atomic E-state index is 5.06. The van der Waals surface area contributed by atoms with Gasteiger partial charge >= 0.3 is 0 Å². The molecule has 4 rings (SSSR count). The summed E-state index contributed by atoms with van der Waals surface area (Å²) in [6.45, 7) is 13.0. The molecule has 4 aromatic carbocycles. The molecular weight excluding hydrogens is 436 g/mol. The smallest absolute Gasteiger partial charge is 0.0707 e. The lowest BCUT2D eigenvalue weighted by molar-refractivity contribution is 1.19. The Morgan fingerprint density at radius 1 is 0.556 bits per heavy atom. The van der Waals surface area contributed by atoms with E-state index in [4.69, 9.17) is 9.98 Å². The van der Waals surface area contributed by atoms with Crippen LogP contribution < -0.4 is 0 Å². The van der Waals surface area contributed by atoms with E-state index in [1.54, 1.807) is 0 Å². The Morgan fingerprint density at radius 3 is 1.64 bits per heavy atom. The molecule has 0 heterocycles. The molecule has 0 aromatic heterocycles. The van der Waals surface area contributed by atoms with Gasteiger partial charge in [0.2, 0.25) is 0 Å². The van der Waals surface area contributed by atoms with E-state index in [1.165, 1.54) is 33.4 Å². The van der Waals surface area contributed by atoms with Crippen molar-refractivity contribution in [1.29, 1.82) is 0 Å². The van der Waals surface area contributed by atoms with Crippen molar-refractivity contribution in [1.82, 2.24) is 0 Å². The second-order valence-corrected chi connectivity index (χ2v) is 9.86. The molecule has 0 spiro atoms. The van der Waals surface area contributed by atoms with Crippen LogP contribution in [0, 0.1) is 27.7 Å². The maximum atomic E-state index is 5.06. The summed E-state index contributed by atoms with van der Waals surface area (Å²) < 4.78 is 0. The van der Waals surface area contributed by atoms with Crippen molar-refractivity contribution >= 4 is 22.8 Å². The Bertz CT molecular complexity index is 1400. The fourth-order valence-corrected chi connectivity index (χ4v) is 4.83. The van der Waals surface area contributed by atoms with Gasteiger partial charge in [-0.2, -0.15) is 0 Å². The number of para-hydroxylation sites is 1. The first-order valence-corrected chi connectivity index (χ1v) is 12.7. The van der Waals surface area contributed by atoms with Gasteiger partial charge in [0.15, 0.2) is 0 Å². The zero-order valence-corrected chi connectivity index (χ0v) is 22.4. The quantitative estimate of drug-likeness (QED) is 0.239. The lowest BCUT2D eigenvalue weighted by atomic mass is 9.98.